The third-order valence-corrected chi connectivity index (χ3v) is 3.67. The molecular weight excluding hydrogens is 288 g/mol. The smallest absolute Gasteiger partial charge is 0.317 e. The van der Waals surface area contributed by atoms with Crippen LogP contribution in [0.5, 0.6) is 0 Å². The van der Waals surface area contributed by atoms with Gasteiger partial charge in [0.25, 0.3) is 0 Å². The molecule has 0 saturated carbocycles. The van der Waals surface area contributed by atoms with Crippen LogP contribution in [0.4, 0.5) is 0 Å². The lowest BCUT2D eigenvalue weighted by Crippen LogP contribution is -2.47. The molecule has 3 atom stereocenters. The SMILES string of the molecule is CC(C)(C)C(=O)O[C@H]1C[C@@H]2OC(=O)[C@H]1C=C2Br. The van der Waals surface area contributed by atoms with Crippen molar-refractivity contribution in [3.05, 3.63) is 10.6 Å². The van der Waals surface area contributed by atoms with Crippen molar-refractivity contribution in [3.8, 4) is 0 Å². The van der Waals surface area contributed by atoms with Gasteiger partial charge in [-0.05, 0) is 20.8 Å². The zero-order chi connectivity index (χ0) is 12.8. The molecule has 0 aromatic rings. The Labute approximate surface area is 108 Å². The summed E-state index contributed by atoms with van der Waals surface area (Å²) < 4.78 is 11.4. The molecular formula is C12H15BrO4. The van der Waals surface area contributed by atoms with Gasteiger partial charge >= 0.3 is 11.9 Å². The average molecular weight is 303 g/mol. The third kappa shape index (κ3) is 2.39. The summed E-state index contributed by atoms with van der Waals surface area (Å²) in [6, 6.07) is 0. The van der Waals surface area contributed by atoms with Crippen molar-refractivity contribution in [1.82, 2.24) is 0 Å². The van der Waals surface area contributed by atoms with Crippen LogP contribution < -0.4 is 0 Å². The molecule has 0 aromatic carbocycles. The second-order valence-electron chi connectivity index (χ2n) is 5.43. The maximum absolute atomic E-state index is 11.8. The molecule has 2 bridgehead atoms. The van der Waals surface area contributed by atoms with Gasteiger partial charge in [0.2, 0.25) is 0 Å². The summed E-state index contributed by atoms with van der Waals surface area (Å²) in [5, 5.41) is 0. The van der Waals surface area contributed by atoms with Crippen molar-refractivity contribution < 1.29 is 19.1 Å². The summed E-state index contributed by atoms with van der Waals surface area (Å²) >= 11 is 3.35. The molecule has 1 fully saturated rings. The maximum Gasteiger partial charge on any atom is 0.317 e. The van der Waals surface area contributed by atoms with Gasteiger partial charge in [0.1, 0.15) is 18.1 Å². The number of carbonyl (C=O) groups is 2. The molecule has 0 spiro atoms. The monoisotopic (exact) mass is 302 g/mol. The van der Waals surface area contributed by atoms with Gasteiger partial charge in [0, 0.05) is 10.9 Å². The van der Waals surface area contributed by atoms with E-state index in [2.05, 4.69) is 15.9 Å². The van der Waals surface area contributed by atoms with E-state index < -0.39 is 17.4 Å². The fraction of sp³-hybridized carbons (Fsp3) is 0.667. The fourth-order valence-electron chi connectivity index (χ4n) is 1.84. The van der Waals surface area contributed by atoms with E-state index in [1.165, 1.54) is 0 Å². The summed E-state index contributed by atoms with van der Waals surface area (Å²) in [5.74, 6) is -1.07. The number of ether oxygens (including phenoxy) is 2. The van der Waals surface area contributed by atoms with Crippen LogP contribution in [0.25, 0.3) is 0 Å². The molecule has 4 nitrogen and oxygen atoms in total. The molecule has 3 aliphatic rings. The number of rotatable bonds is 1. The molecule has 1 aliphatic carbocycles. The van der Waals surface area contributed by atoms with Crippen molar-refractivity contribution in [1.29, 1.82) is 0 Å². The van der Waals surface area contributed by atoms with Crippen LogP contribution in [0.3, 0.4) is 0 Å². The number of halogens is 1. The van der Waals surface area contributed by atoms with E-state index in [-0.39, 0.29) is 18.0 Å². The quantitative estimate of drug-likeness (QED) is 0.697. The van der Waals surface area contributed by atoms with Crippen LogP contribution in [0.15, 0.2) is 10.6 Å². The first-order valence-electron chi connectivity index (χ1n) is 5.58. The van der Waals surface area contributed by atoms with E-state index in [1.807, 2.05) is 0 Å². The minimum Gasteiger partial charge on any atom is -0.461 e. The molecule has 0 amide bonds. The van der Waals surface area contributed by atoms with Crippen LogP contribution in [-0.4, -0.2) is 24.1 Å². The normalized spacial score (nSPS) is 31.9. The highest BCUT2D eigenvalue weighted by Gasteiger charge is 2.45. The highest BCUT2D eigenvalue weighted by molar-refractivity contribution is 9.11. The van der Waals surface area contributed by atoms with Gasteiger partial charge in [-0.15, -0.1) is 0 Å². The first-order chi connectivity index (χ1) is 7.79. The van der Waals surface area contributed by atoms with E-state index in [9.17, 15) is 9.59 Å². The van der Waals surface area contributed by atoms with Crippen molar-refractivity contribution in [3.63, 3.8) is 0 Å². The van der Waals surface area contributed by atoms with Gasteiger partial charge in [-0.25, -0.2) is 0 Å². The zero-order valence-electron chi connectivity index (χ0n) is 10.0. The van der Waals surface area contributed by atoms with Gasteiger partial charge in [0.15, 0.2) is 0 Å². The molecule has 3 rings (SSSR count). The van der Waals surface area contributed by atoms with Crippen LogP contribution >= 0.6 is 15.9 Å². The lowest BCUT2D eigenvalue weighted by Gasteiger charge is -2.38. The van der Waals surface area contributed by atoms with E-state index in [1.54, 1.807) is 26.8 Å². The second-order valence-corrected chi connectivity index (χ2v) is 6.35. The first kappa shape index (κ1) is 12.6. The Morgan fingerprint density at radius 2 is 2.18 bits per heavy atom. The lowest BCUT2D eigenvalue weighted by molar-refractivity contribution is -0.179. The number of fused-ring (bicyclic) bond motifs is 2. The molecule has 0 unspecified atom stereocenters. The van der Waals surface area contributed by atoms with Crippen molar-refractivity contribution in [2.24, 2.45) is 11.3 Å². The van der Waals surface area contributed by atoms with E-state index in [0.29, 0.717) is 6.42 Å². The summed E-state index contributed by atoms with van der Waals surface area (Å²) in [6.45, 7) is 5.38. The number of hydrogen-bond donors (Lipinski definition) is 0. The van der Waals surface area contributed by atoms with E-state index in [4.69, 9.17) is 9.47 Å². The van der Waals surface area contributed by atoms with Crippen LogP contribution in [0, 0.1) is 11.3 Å². The first-order valence-corrected chi connectivity index (χ1v) is 6.37. The molecule has 2 aliphatic heterocycles. The molecule has 5 heteroatoms. The standard InChI is InChI=1S/C12H15BrO4/c1-12(2,3)11(15)17-8-5-9-7(13)4-6(8)10(14)16-9/h4,6,8-9H,5H2,1-3H3/t6-,8-,9-/m0/s1. The summed E-state index contributed by atoms with van der Waals surface area (Å²) in [4.78, 5) is 23.4. The maximum atomic E-state index is 11.8. The minimum absolute atomic E-state index is 0.285. The fourth-order valence-corrected chi connectivity index (χ4v) is 2.40. The van der Waals surface area contributed by atoms with Crippen LogP contribution in [0.2, 0.25) is 0 Å². The summed E-state index contributed by atoms with van der Waals surface area (Å²) in [6.07, 6.45) is 1.62. The van der Waals surface area contributed by atoms with Crippen molar-refractivity contribution in [2.45, 2.75) is 39.4 Å². The average Bonchev–Trinajstić information content (AvgIpc) is 2.19. The van der Waals surface area contributed by atoms with Crippen molar-refractivity contribution in [2.75, 3.05) is 0 Å². The Morgan fingerprint density at radius 3 is 2.71 bits per heavy atom. The van der Waals surface area contributed by atoms with Crippen LogP contribution in [0.1, 0.15) is 27.2 Å². The highest BCUT2D eigenvalue weighted by Crippen LogP contribution is 2.38. The molecule has 94 valence electrons. The molecule has 1 saturated heterocycles. The number of carbonyl (C=O) groups excluding carboxylic acids is 2. The molecule has 0 N–H and O–H groups in total. The Morgan fingerprint density at radius 1 is 1.53 bits per heavy atom. The Hall–Kier alpha value is -0.840. The lowest BCUT2D eigenvalue weighted by atomic mass is 9.87. The number of hydrogen-bond acceptors (Lipinski definition) is 4. The Balaban J connectivity index is 2.11. The van der Waals surface area contributed by atoms with Gasteiger partial charge in [-0.3, -0.25) is 9.59 Å². The predicted octanol–water partition coefficient (Wildman–Crippen LogP) is 2.17. The number of esters is 2. The third-order valence-electron chi connectivity index (χ3n) is 2.89. The van der Waals surface area contributed by atoms with Crippen molar-refractivity contribution >= 4 is 27.9 Å². The summed E-state index contributed by atoms with van der Waals surface area (Å²) in [7, 11) is 0. The highest BCUT2D eigenvalue weighted by atomic mass is 79.9. The van der Waals surface area contributed by atoms with Gasteiger partial charge in [-0.1, -0.05) is 22.0 Å². The topological polar surface area (TPSA) is 52.6 Å². The summed E-state index contributed by atoms with van der Waals surface area (Å²) in [5.41, 5.74) is -0.554. The predicted molar refractivity (Wildman–Crippen MR) is 64.3 cm³/mol. The minimum atomic E-state index is -0.554. The Kier molecular flexibility index (Phi) is 3.06. The van der Waals surface area contributed by atoms with Crippen LogP contribution in [-0.2, 0) is 19.1 Å². The Bertz CT molecular complexity index is 394. The second kappa shape index (κ2) is 4.12. The van der Waals surface area contributed by atoms with E-state index >= 15 is 0 Å². The molecule has 17 heavy (non-hydrogen) atoms. The zero-order valence-corrected chi connectivity index (χ0v) is 11.6. The largest absolute Gasteiger partial charge is 0.461 e. The molecule has 0 radical (unpaired) electrons. The molecule has 2 heterocycles. The van der Waals surface area contributed by atoms with Gasteiger partial charge in [-0.2, -0.15) is 0 Å². The molecule has 0 aromatic heterocycles. The van der Waals surface area contributed by atoms with E-state index in [0.717, 1.165) is 4.48 Å². The van der Waals surface area contributed by atoms with Gasteiger partial charge in [0.05, 0.1) is 5.41 Å². The van der Waals surface area contributed by atoms with Gasteiger partial charge < -0.3 is 9.47 Å².